The molecule has 116 valence electrons. The molecule has 0 amide bonds. The Morgan fingerprint density at radius 2 is 1.71 bits per heavy atom. The summed E-state index contributed by atoms with van der Waals surface area (Å²) in [6.07, 6.45) is 9.49. The minimum Gasteiger partial charge on any atom is -0.487 e. The molecule has 2 saturated carbocycles. The Labute approximate surface area is 144 Å². The summed E-state index contributed by atoms with van der Waals surface area (Å²) in [5, 5.41) is 3.53. The van der Waals surface area contributed by atoms with Gasteiger partial charge < -0.3 is 10.1 Å². The van der Waals surface area contributed by atoms with Crippen molar-refractivity contribution in [3.05, 3.63) is 27.1 Å². The fourth-order valence-electron chi connectivity index (χ4n) is 4.11. The zero-order chi connectivity index (χ0) is 14.9. The molecular weight excluding hydrogens is 394 g/mol. The molecule has 1 spiro atoms. The van der Waals surface area contributed by atoms with Crippen LogP contribution < -0.4 is 10.1 Å². The molecule has 1 aromatic carbocycles. The molecule has 0 bridgehead atoms. The van der Waals surface area contributed by atoms with Crippen molar-refractivity contribution < 1.29 is 4.74 Å². The lowest BCUT2D eigenvalue weighted by molar-refractivity contribution is -0.0888. The molecule has 21 heavy (non-hydrogen) atoms. The molecule has 1 aromatic rings. The third-order valence-electron chi connectivity index (χ3n) is 5.35. The Hall–Kier alpha value is -0.0600. The Morgan fingerprint density at radius 3 is 2.29 bits per heavy atom. The molecular formula is C17H23Br2NO. The molecule has 0 saturated heterocycles. The third kappa shape index (κ3) is 2.91. The largest absolute Gasteiger partial charge is 0.487 e. The Balaban J connectivity index is 1.81. The number of para-hydroxylation sites is 1. The van der Waals surface area contributed by atoms with Crippen molar-refractivity contribution in [3.8, 4) is 5.75 Å². The van der Waals surface area contributed by atoms with Crippen LogP contribution in [0.15, 0.2) is 27.1 Å². The van der Waals surface area contributed by atoms with Gasteiger partial charge in [-0.1, -0.05) is 31.7 Å². The molecule has 2 atom stereocenters. The second kappa shape index (κ2) is 6.59. The normalized spacial score (nSPS) is 28.0. The maximum absolute atomic E-state index is 6.46. The Bertz CT molecular complexity index is 477. The van der Waals surface area contributed by atoms with Crippen molar-refractivity contribution in [2.75, 3.05) is 7.05 Å². The lowest BCUT2D eigenvalue weighted by atomic mass is 9.58. The van der Waals surface area contributed by atoms with Gasteiger partial charge in [-0.2, -0.15) is 0 Å². The highest BCUT2D eigenvalue weighted by atomic mass is 79.9. The molecule has 2 nitrogen and oxygen atoms in total. The third-order valence-corrected chi connectivity index (χ3v) is 6.60. The number of ether oxygens (including phenoxy) is 1. The summed E-state index contributed by atoms with van der Waals surface area (Å²) in [5.41, 5.74) is 0.333. The second-order valence-corrected chi connectivity index (χ2v) is 8.09. The van der Waals surface area contributed by atoms with E-state index in [0.29, 0.717) is 17.6 Å². The van der Waals surface area contributed by atoms with Crippen LogP contribution in [0.2, 0.25) is 0 Å². The maximum atomic E-state index is 6.46. The van der Waals surface area contributed by atoms with Gasteiger partial charge in [0.15, 0.2) is 0 Å². The number of rotatable bonds is 3. The fraction of sp³-hybridized carbons (Fsp3) is 0.647. The van der Waals surface area contributed by atoms with Gasteiger partial charge in [0.25, 0.3) is 0 Å². The molecule has 1 N–H and O–H groups in total. The van der Waals surface area contributed by atoms with Crippen molar-refractivity contribution in [3.63, 3.8) is 0 Å². The van der Waals surface area contributed by atoms with Gasteiger partial charge in [0, 0.05) is 17.9 Å². The number of hydrogen-bond donors (Lipinski definition) is 1. The number of halogens is 2. The second-order valence-electron chi connectivity index (χ2n) is 6.38. The first-order valence-electron chi connectivity index (χ1n) is 7.95. The molecule has 2 unspecified atom stereocenters. The van der Waals surface area contributed by atoms with Crippen molar-refractivity contribution in [2.24, 2.45) is 5.41 Å². The highest BCUT2D eigenvalue weighted by molar-refractivity contribution is 9.11. The molecule has 2 aliphatic rings. The summed E-state index contributed by atoms with van der Waals surface area (Å²) in [7, 11) is 2.10. The van der Waals surface area contributed by atoms with Crippen LogP contribution in [0.25, 0.3) is 0 Å². The van der Waals surface area contributed by atoms with Gasteiger partial charge in [-0.15, -0.1) is 0 Å². The standard InChI is InChI=1S/C17H23Br2NO/c1-20-14-11-15(17(14)9-4-2-3-5-10-17)21-16-12(18)7-6-8-13(16)19/h6-8,14-15,20H,2-5,9-11H2,1H3. The van der Waals surface area contributed by atoms with Crippen LogP contribution >= 0.6 is 31.9 Å². The maximum Gasteiger partial charge on any atom is 0.148 e. The Morgan fingerprint density at radius 1 is 1.10 bits per heavy atom. The summed E-state index contributed by atoms with van der Waals surface area (Å²) in [6, 6.07) is 6.74. The topological polar surface area (TPSA) is 21.3 Å². The number of nitrogens with one attached hydrogen (secondary N) is 1. The van der Waals surface area contributed by atoms with Gasteiger partial charge in [-0.3, -0.25) is 0 Å². The summed E-state index contributed by atoms with van der Waals surface area (Å²) in [5.74, 6) is 0.959. The minimum atomic E-state index is 0.333. The molecule has 0 aliphatic heterocycles. The molecule has 2 fully saturated rings. The van der Waals surface area contributed by atoms with Gasteiger partial charge in [-0.25, -0.2) is 0 Å². The van der Waals surface area contributed by atoms with Gasteiger partial charge in [-0.05, 0) is 63.9 Å². The van der Waals surface area contributed by atoms with Gasteiger partial charge in [0.2, 0.25) is 0 Å². The predicted octanol–water partition coefficient (Wildman–Crippen LogP) is 5.29. The van der Waals surface area contributed by atoms with E-state index in [1.165, 1.54) is 38.5 Å². The zero-order valence-electron chi connectivity index (χ0n) is 12.5. The minimum absolute atomic E-state index is 0.333. The van der Waals surface area contributed by atoms with E-state index in [-0.39, 0.29) is 0 Å². The van der Waals surface area contributed by atoms with Crippen LogP contribution in [0.3, 0.4) is 0 Å². The summed E-state index contributed by atoms with van der Waals surface area (Å²) in [4.78, 5) is 0. The Kier molecular flexibility index (Phi) is 4.97. The number of hydrogen-bond acceptors (Lipinski definition) is 2. The van der Waals surface area contributed by atoms with E-state index in [4.69, 9.17) is 4.74 Å². The van der Waals surface area contributed by atoms with Gasteiger partial charge in [0.05, 0.1) is 8.95 Å². The van der Waals surface area contributed by atoms with Crippen LogP contribution in [0.4, 0.5) is 0 Å². The fourth-order valence-corrected chi connectivity index (χ4v) is 5.30. The van der Waals surface area contributed by atoms with Crippen LogP contribution in [0.5, 0.6) is 5.75 Å². The molecule has 2 aliphatic carbocycles. The van der Waals surface area contributed by atoms with Crippen molar-refractivity contribution >= 4 is 31.9 Å². The van der Waals surface area contributed by atoms with Gasteiger partial charge >= 0.3 is 0 Å². The van der Waals surface area contributed by atoms with E-state index < -0.39 is 0 Å². The smallest absolute Gasteiger partial charge is 0.148 e. The molecule has 0 heterocycles. The van der Waals surface area contributed by atoms with Gasteiger partial charge in [0.1, 0.15) is 11.9 Å². The van der Waals surface area contributed by atoms with Crippen molar-refractivity contribution in [1.29, 1.82) is 0 Å². The summed E-state index contributed by atoms with van der Waals surface area (Å²) >= 11 is 7.24. The van der Waals surface area contributed by atoms with E-state index in [2.05, 4.69) is 44.2 Å². The summed E-state index contributed by atoms with van der Waals surface area (Å²) in [6.45, 7) is 0. The monoisotopic (exact) mass is 415 g/mol. The van der Waals surface area contributed by atoms with Crippen LogP contribution in [0, 0.1) is 5.41 Å². The van der Waals surface area contributed by atoms with Crippen LogP contribution in [-0.4, -0.2) is 19.2 Å². The number of benzene rings is 1. The first-order valence-corrected chi connectivity index (χ1v) is 9.54. The lowest BCUT2D eigenvalue weighted by Gasteiger charge is -2.55. The predicted molar refractivity (Wildman–Crippen MR) is 93.9 cm³/mol. The van der Waals surface area contributed by atoms with E-state index in [1.807, 2.05) is 18.2 Å². The highest BCUT2D eigenvalue weighted by Crippen LogP contribution is 2.53. The lowest BCUT2D eigenvalue weighted by Crippen LogP contribution is -2.64. The first kappa shape index (κ1) is 15.8. The first-order chi connectivity index (χ1) is 10.2. The van der Waals surface area contributed by atoms with E-state index in [1.54, 1.807) is 0 Å². The SMILES string of the molecule is CNC1CC(Oc2c(Br)cccc2Br)C12CCCCCC2. The zero-order valence-corrected chi connectivity index (χ0v) is 15.7. The highest BCUT2D eigenvalue weighted by Gasteiger charge is 2.55. The van der Waals surface area contributed by atoms with E-state index in [0.717, 1.165) is 21.1 Å². The van der Waals surface area contributed by atoms with Crippen LogP contribution in [-0.2, 0) is 0 Å². The van der Waals surface area contributed by atoms with E-state index in [9.17, 15) is 0 Å². The van der Waals surface area contributed by atoms with Crippen molar-refractivity contribution in [2.45, 2.75) is 57.1 Å². The summed E-state index contributed by atoms with van der Waals surface area (Å²) < 4.78 is 8.53. The molecule has 4 heteroatoms. The van der Waals surface area contributed by atoms with E-state index >= 15 is 0 Å². The molecule has 3 rings (SSSR count). The van der Waals surface area contributed by atoms with Crippen LogP contribution in [0.1, 0.15) is 44.9 Å². The van der Waals surface area contributed by atoms with Crippen molar-refractivity contribution in [1.82, 2.24) is 5.32 Å². The average Bonchev–Trinajstić information content (AvgIpc) is 2.73. The molecule has 0 radical (unpaired) electrons. The molecule has 0 aromatic heterocycles. The average molecular weight is 417 g/mol. The quantitative estimate of drug-likeness (QED) is 0.722.